The van der Waals surface area contributed by atoms with E-state index in [0.29, 0.717) is 38.2 Å². The number of carbonyl (C=O) groups is 2. The van der Waals surface area contributed by atoms with Gasteiger partial charge in [-0.1, -0.05) is 0 Å². The molecule has 0 spiro atoms. The second-order valence-corrected chi connectivity index (χ2v) is 5.36. The van der Waals surface area contributed by atoms with Gasteiger partial charge in [0.1, 0.15) is 10.7 Å². The van der Waals surface area contributed by atoms with Crippen LogP contribution in [0.25, 0.3) is 0 Å². The van der Waals surface area contributed by atoms with Crippen LogP contribution >= 0.6 is 11.3 Å². The number of hydrogen-bond donors (Lipinski definition) is 1. The number of amides is 1. The number of likely N-dealkylation sites (tertiary alicyclic amines) is 1. The van der Waals surface area contributed by atoms with E-state index in [1.807, 2.05) is 0 Å². The Hall–Kier alpha value is -1.47. The average molecular weight is 283 g/mol. The van der Waals surface area contributed by atoms with Gasteiger partial charge in [0.05, 0.1) is 13.0 Å². The summed E-state index contributed by atoms with van der Waals surface area (Å²) in [7, 11) is 1.39. The monoisotopic (exact) mass is 283 g/mol. The van der Waals surface area contributed by atoms with Crippen LogP contribution in [0, 0.1) is 5.92 Å². The van der Waals surface area contributed by atoms with E-state index < -0.39 is 0 Å². The highest BCUT2D eigenvalue weighted by Gasteiger charge is 2.29. The molecule has 1 aromatic heterocycles. The molecule has 6 nitrogen and oxygen atoms in total. The van der Waals surface area contributed by atoms with Crippen LogP contribution in [-0.4, -0.2) is 42.0 Å². The maximum absolute atomic E-state index is 12.2. The van der Waals surface area contributed by atoms with E-state index in [0.717, 1.165) is 5.01 Å². The van der Waals surface area contributed by atoms with Crippen LogP contribution in [0.2, 0.25) is 0 Å². The molecule has 0 bridgehead atoms. The molecular weight excluding hydrogens is 266 g/mol. The fourth-order valence-corrected chi connectivity index (χ4v) is 2.80. The van der Waals surface area contributed by atoms with Crippen molar-refractivity contribution in [1.29, 1.82) is 0 Å². The Kier molecular flexibility index (Phi) is 4.49. The standard InChI is InChI=1S/C12H17N3O3S/c1-18-12(17)8-2-4-15(5-3-8)11(16)9-7-19-10(6-13)14-9/h7-8H,2-6,13H2,1H3. The third kappa shape index (κ3) is 3.10. The molecule has 2 heterocycles. The van der Waals surface area contributed by atoms with Gasteiger partial charge in [-0.05, 0) is 12.8 Å². The summed E-state index contributed by atoms with van der Waals surface area (Å²) in [5.74, 6) is -0.366. The summed E-state index contributed by atoms with van der Waals surface area (Å²) >= 11 is 1.39. The molecule has 1 aliphatic rings. The topological polar surface area (TPSA) is 85.5 Å². The van der Waals surface area contributed by atoms with Gasteiger partial charge in [0.25, 0.3) is 5.91 Å². The van der Waals surface area contributed by atoms with E-state index in [9.17, 15) is 9.59 Å². The first-order valence-electron chi connectivity index (χ1n) is 6.17. The summed E-state index contributed by atoms with van der Waals surface area (Å²) in [5, 5.41) is 2.49. The Morgan fingerprint density at radius 2 is 2.21 bits per heavy atom. The quantitative estimate of drug-likeness (QED) is 0.822. The molecule has 0 atom stereocenters. The number of thiazole rings is 1. The van der Waals surface area contributed by atoms with Crippen molar-refractivity contribution in [3.8, 4) is 0 Å². The normalized spacial score (nSPS) is 16.4. The highest BCUT2D eigenvalue weighted by molar-refractivity contribution is 7.09. The summed E-state index contributed by atoms with van der Waals surface area (Å²) in [6.07, 6.45) is 1.29. The summed E-state index contributed by atoms with van der Waals surface area (Å²) in [6.45, 7) is 1.48. The van der Waals surface area contributed by atoms with E-state index in [-0.39, 0.29) is 17.8 Å². The molecule has 1 aliphatic heterocycles. The van der Waals surface area contributed by atoms with Crippen molar-refractivity contribution in [2.75, 3.05) is 20.2 Å². The van der Waals surface area contributed by atoms with E-state index in [4.69, 9.17) is 10.5 Å². The molecule has 2 N–H and O–H groups in total. The van der Waals surface area contributed by atoms with Gasteiger partial charge in [0.15, 0.2) is 0 Å². The van der Waals surface area contributed by atoms with Crippen LogP contribution < -0.4 is 5.73 Å². The summed E-state index contributed by atoms with van der Waals surface area (Å²) in [5.41, 5.74) is 5.93. The molecule has 1 saturated heterocycles. The lowest BCUT2D eigenvalue weighted by atomic mass is 9.97. The fourth-order valence-electron chi connectivity index (χ4n) is 2.15. The number of methoxy groups -OCH3 is 1. The Morgan fingerprint density at radius 1 is 1.53 bits per heavy atom. The van der Waals surface area contributed by atoms with Crippen LogP contribution in [0.5, 0.6) is 0 Å². The van der Waals surface area contributed by atoms with Crippen molar-refractivity contribution in [3.05, 3.63) is 16.1 Å². The van der Waals surface area contributed by atoms with E-state index in [1.165, 1.54) is 18.4 Å². The maximum Gasteiger partial charge on any atom is 0.308 e. The molecule has 7 heteroatoms. The second-order valence-electron chi connectivity index (χ2n) is 4.42. The Bertz CT molecular complexity index is 467. The van der Waals surface area contributed by atoms with Gasteiger partial charge in [-0.3, -0.25) is 9.59 Å². The number of aromatic nitrogens is 1. The van der Waals surface area contributed by atoms with Crippen LogP contribution in [0.3, 0.4) is 0 Å². The third-order valence-corrected chi connectivity index (χ3v) is 4.13. The SMILES string of the molecule is COC(=O)C1CCN(C(=O)c2csc(CN)n2)CC1. The van der Waals surface area contributed by atoms with Gasteiger partial charge in [0, 0.05) is 25.0 Å². The Labute approximate surface area is 115 Å². The lowest BCUT2D eigenvalue weighted by molar-refractivity contribution is -0.146. The highest BCUT2D eigenvalue weighted by Crippen LogP contribution is 2.20. The van der Waals surface area contributed by atoms with Gasteiger partial charge in [-0.15, -0.1) is 11.3 Å². The molecule has 1 amide bonds. The molecule has 0 aliphatic carbocycles. The minimum Gasteiger partial charge on any atom is -0.469 e. The van der Waals surface area contributed by atoms with E-state index >= 15 is 0 Å². The first-order valence-corrected chi connectivity index (χ1v) is 7.05. The number of nitrogens with zero attached hydrogens (tertiary/aromatic N) is 2. The highest BCUT2D eigenvalue weighted by atomic mass is 32.1. The van der Waals surface area contributed by atoms with Crippen LogP contribution in [-0.2, 0) is 16.1 Å². The molecule has 0 unspecified atom stereocenters. The number of rotatable bonds is 3. The van der Waals surface area contributed by atoms with Gasteiger partial charge in [-0.25, -0.2) is 4.98 Å². The zero-order chi connectivity index (χ0) is 13.8. The van der Waals surface area contributed by atoms with Crippen molar-refractivity contribution in [1.82, 2.24) is 9.88 Å². The molecule has 1 aromatic rings. The predicted octanol–water partition coefficient (Wildman–Crippen LogP) is 0.627. The second kappa shape index (κ2) is 6.12. The zero-order valence-electron chi connectivity index (χ0n) is 10.8. The van der Waals surface area contributed by atoms with Gasteiger partial charge < -0.3 is 15.4 Å². The number of carbonyl (C=O) groups excluding carboxylic acids is 2. The van der Waals surface area contributed by atoms with Gasteiger partial charge in [-0.2, -0.15) is 0 Å². The summed E-state index contributed by atoms with van der Waals surface area (Å²) in [4.78, 5) is 29.5. The van der Waals surface area contributed by atoms with Crippen LogP contribution in [0.15, 0.2) is 5.38 Å². The molecule has 0 saturated carbocycles. The van der Waals surface area contributed by atoms with E-state index in [1.54, 1.807) is 10.3 Å². The van der Waals surface area contributed by atoms with Crippen LogP contribution in [0.1, 0.15) is 28.3 Å². The molecule has 2 rings (SSSR count). The first kappa shape index (κ1) is 14.0. The molecule has 0 radical (unpaired) electrons. The Morgan fingerprint density at radius 3 is 2.74 bits per heavy atom. The van der Waals surface area contributed by atoms with Crippen molar-refractivity contribution < 1.29 is 14.3 Å². The minimum absolute atomic E-state index is 0.0840. The van der Waals surface area contributed by atoms with Gasteiger partial charge >= 0.3 is 5.97 Å². The first-order chi connectivity index (χ1) is 9.15. The van der Waals surface area contributed by atoms with Gasteiger partial charge in [0.2, 0.25) is 0 Å². The zero-order valence-corrected chi connectivity index (χ0v) is 11.6. The lowest BCUT2D eigenvalue weighted by Gasteiger charge is -2.30. The Balaban J connectivity index is 1.94. The smallest absolute Gasteiger partial charge is 0.308 e. The number of esters is 1. The van der Waals surface area contributed by atoms with E-state index in [2.05, 4.69) is 4.98 Å². The third-order valence-electron chi connectivity index (χ3n) is 3.26. The van der Waals surface area contributed by atoms with Crippen molar-refractivity contribution >= 4 is 23.2 Å². The molecule has 1 fully saturated rings. The van der Waals surface area contributed by atoms with Crippen LogP contribution in [0.4, 0.5) is 0 Å². The largest absolute Gasteiger partial charge is 0.469 e. The van der Waals surface area contributed by atoms with Crippen molar-refractivity contribution in [2.45, 2.75) is 19.4 Å². The predicted molar refractivity (Wildman–Crippen MR) is 70.6 cm³/mol. The number of hydrogen-bond acceptors (Lipinski definition) is 6. The van der Waals surface area contributed by atoms with Crippen molar-refractivity contribution in [2.24, 2.45) is 11.7 Å². The fraction of sp³-hybridized carbons (Fsp3) is 0.583. The number of ether oxygens (including phenoxy) is 1. The summed E-state index contributed by atoms with van der Waals surface area (Å²) in [6, 6.07) is 0. The maximum atomic E-state index is 12.2. The number of piperidine rings is 1. The summed E-state index contributed by atoms with van der Waals surface area (Å²) < 4.78 is 4.72. The van der Waals surface area contributed by atoms with Crippen molar-refractivity contribution in [3.63, 3.8) is 0 Å². The molecule has 0 aromatic carbocycles. The number of nitrogens with two attached hydrogens (primary N) is 1. The lowest BCUT2D eigenvalue weighted by Crippen LogP contribution is -2.40. The minimum atomic E-state index is -0.189. The molecule has 104 valence electrons. The average Bonchev–Trinajstić information content (AvgIpc) is 2.94. The molecule has 19 heavy (non-hydrogen) atoms. The molecular formula is C12H17N3O3S.